The molecule has 0 saturated carbocycles. The Bertz CT molecular complexity index is 990. The summed E-state index contributed by atoms with van der Waals surface area (Å²) in [5.74, 6) is -4.50. The molecule has 2 rings (SSSR count). The minimum atomic E-state index is -3.69. The molecule has 0 aromatic heterocycles. The quantitative estimate of drug-likeness (QED) is 0.647. The van der Waals surface area contributed by atoms with Crippen molar-refractivity contribution >= 4 is 16.0 Å². The molecule has 1 unspecified atom stereocenters. The molecule has 0 aliphatic carbocycles. The lowest BCUT2D eigenvalue weighted by Crippen LogP contribution is -2.50. The van der Waals surface area contributed by atoms with Crippen molar-refractivity contribution < 1.29 is 26.9 Å². The van der Waals surface area contributed by atoms with Crippen LogP contribution in [0.2, 0.25) is 0 Å². The Labute approximate surface area is 173 Å². The average Bonchev–Trinajstić information content (AvgIpc) is 2.65. The van der Waals surface area contributed by atoms with E-state index in [1.54, 1.807) is 30.3 Å². The third kappa shape index (κ3) is 7.34. The molecule has 2 aromatic rings. The number of hydrogen-bond acceptors (Lipinski definition) is 4. The van der Waals surface area contributed by atoms with Crippen molar-refractivity contribution in [3.8, 4) is 0 Å². The fourth-order valence-electron chi connectivity index (χ4n) is 2.76. The van der Waals surface area contributed by atoms with Gasteiger partial charge in [-0.05, 0) is 18.6 Å². The van der Waals surface area contributed by atoms with E-state index >= 15 is 0 Å². The van der Waals surface area contributed by atoms with Crippen molar-refractivity contribution in [2.75, 3.05) is 12.3 Å². The number of benzene rings is 2. The number of amides is 1. The van der Waals surface area contributed by atoms with Gasteiger partial charge < -0.3 is 10.1 Å². The summed E-state index contributed by atoms with van der Waals surface area (Å²) >= 11 is 0. The van der Waals surface area contributed by atoms with E-state index in [-0.39, 0.29) is 12.2 Å². The molecule has 0 radical (unpaired) electrons. The van der Waals surface area contributed by atoms with Crippen LogP contribution in [0.25, 0.3) is 0 Å². The number of nitrogens with two attached hydrogens (primary N) is 1. The monoisotopic (exact) mass is 443 g/mol. The molecule has 2 atom stereocenters. The Morgan fingerprint density at radius 2 is 1.73 bits per heavy atom. The summed E-state index contributed by atoms with van der Waals surface area (Å²) < 4.78 is 61.9. The number of alkyl halides is 2. The number of nitrogens with zero attached hydrogens (tertiary/aromatic N) is 1. The molecule has 0 heterocycles. The van der Waals surface area contributed by atoms with Crippen LogP contribution in [0, 0.1) is 5.82 Å². The maximum absolute atomic E-state index is 14.5. The summed E-state index contributed by atoms with van der Waals surface area (Å²) in [4.78, 5) is 12.4. The predicted octanol–water partition coefficient (Wildman–Crippen LogP) is 3.96. The predicted molar refractivity (Wildman–Crippen MR) is 109 cm³/mol. The third-order valence-corrected chi connectivity index (χ3v) is 5.67. The van der Waals surface area contributed by atoms with Gasteiger partial charge in [-0.2, -0.15) is 0 Å². The topological polar surface area (TPSA) is 93.8 Å². The summed E-state index contributed by atoms with van der Waals surface area (Å²) in [6.07, 6.45) is -0.916. The van der Waals surface area contributed by atoms with Crippen molar-refractivity contribution in [1.29, 1.82) is 0 Å². The van der Waals surface area contributed by atoms with E-state index in [0.29, 0.717) is 6.92 Å². The lowest BCUT2D eigenvalue weighted by Gasteiger charge is -2.31. The molecule has 0 fully saturated rings. The highest BCUT2D eigenvalue weighted by Crippen LogP contribution is 2.26. The molecule has 164 valence electrons. The van der Waals surface area contributed by atoms with Crippen molar-refractivity contribution in [2.24, 2.45) is 9.50 Å². The van der Waals surface area contributed by atoms with E-state index in [2.05, 4.69) is 9.68 Å². The molecular formula is C20H24F3N3O3S. The minimum absolute atomic E-state index is 0.0294. The van der Waals surface area contributed by atoms with Crippen LogP contribution >= 0.6 is 0 Å². The second-order valence-electron chi connectivity index (χ2n) is 7.19. The summed E-state index contributed by atoms with van der Waals surface area (Å²) in [7, 11) is -3.69. The minimum Gasteiger partial charge on any atom is -0.445 e. The molecule has 10 heteroatoms. The van der Waals surface area contributed by atoms with Gasteiger partial charge in [0.2, 0.25) is 0 Å². The van der Waals surface area contributed by atoms with Gasteiger partial charge in [0.1, 0.15) is 28.9 Å². The first-order chi connectivity index (χ1) is 13.9. The van der Waals surface area contributed by atoms with Gasteiger partial charge in [0.25, 0.3) is 5.92 Å². The molecule has 0 spiro atoms. The summed E-state index contributed by atoms with van der Waals surface area (Å²) in [5.41, 5.74) is -0.932. The molecule has 0 aliphatic rings. The van der Waals surface area contributed by atoms with E-state index in [9.17, 15) is 22.2 Å². The van der Waals surface area contributed by atoms with E-state index in [4.69, 9.17) is 9.88 Å². The lowest BCUT2D eigenvalue weighted by molar-refractivity contribution is 0.0330. The van der Waals surface area contributed by atoms with Gasteiger partial charge in [0, 0.05) is 12.5 Å². The number of carbonyl (C=O) groups is 1. The summed E-state index contributed by atoms with van der Waals surface area (Å²) in [6, 6.07) is 14.3. The van der Waals surface area contributed by atoms with Gasteiger partial charge >= 0.3 is 6.09 Å². The molecule has 1 amide bonds. The van der Waals surface area contributed by atoms with Gasteiger partial charge in [-0.15, -0.1) is 0 Å². The largest absolute Gasteiger partial charge is 0.445 e. The van der Waals surface area contributed by atoms with Gasteiger partial charge in [0.05, 0.1) is 11.3 Å². The number of nitrogens with one attached hydrogen (secondary N) is 1. The van der Waals surface area contributed by atoms with Crippen molar-refractivity contribution in [3.63, 3.8) is 0 Å². The Balaban J connectivity index is 2.27. The fourth-order valence-corrected chi connectivity index (χ4v) is 4.35. The first-order valence-electron chi connectivity index (χ1n) is 9.00. The van der Waals surface area contributed by atoms with E-state index in [0.717, 1.165) is 11.6 Å². The number of alkyl carbamates (subject to hydrolysis) is 1. The fraction of sp³-hybridized carbons (Fsp3) is 0.350. The highest BCUT2D eigenvalue weighted by atomic mass is 32.2. The molecule has 6 nitrogen and oxygen atoms in total. The highest BCUT2D eigenvalue weighted by molar-refractivity contribution is 7.91. The van der Waals surface area contributed by atoms with Crippen LogP contribution in [0.5, 0.6) is 0 Å². The Morgan fingerprint density at radius 3 is 2.33 bits per heavy atom. The molecule has 0 aliphatic heterocycles. The van der Waals surface area contributed by atoms with Crippen LogP contribution in [0.3, 0.4) is 0 Å². The smallest absolute Gasteiger partial charge is 0.408 e. The van der Waals surface area contributed by atoms with E-state index < -0.39 is 45.6 Å². The summed E-state index contributed by atoms with van der Waals surface area (Å²) in [6.45, 7) is 0.876. The third-order valence-electron chi connectivity index (χ3n) is 4.12. The van der Waals surface area contributed by atoms with Crippen molar-refractivity contribution in [3.05, 3.63) is 71.5 Å². The van der Waals surface area contributed by atoms with Crippen molar-refractivity contribution in [1.82, 2.24) is 5.32 Å². The van der Waals surface area contributed by atoms with Gasteiger partial charge in [-0.25, -0.2) is 31.7 Å². The first kappa shape index (κ1) is 23.7. The first-order valence-corrected chi connectivity index (χ1v) is 10.7. The number of halogens is 3. The molecule has 0 saturated heterocycles. The van der Waals surface area contributed by atoms with Crippen LogP contribution in [0.4, 0.5) is 18.0 Å². The average molecular weight is 443 g/mol. The van der Waals surface area contributed by atoms with Crippen LogP contribution in [-0.4, -0.2) is 28.5 Å². The standard InChI is InChI=1S/C20H24F3N3O3S/c1-19(16-10-6-7-11-17(16)21,14-30(24,28)25-13-20(2,22)23)26-18(27)29-12-15-8-4-3-5-9-15/h3-11H,12-14H2,1-2H3,(H,26,27)(H2,24,25,28)/t19-,30?/m0/s1. The molecule has 30 heavy (non-hydrogen) atoms. The van der Waals surface area contributed by atoms with Crippen molar-refractivity contribution in [2.45, 2.75) is 31.9 Å². The second kappa shape index (κ2) is 9.48. The maximum Gasteiger partial charge on any atom is 0.408 e. The lowest BCUT2D eigenvalue weighted by atomic mass is 9.94. The van der Waals surface area contributed by atoms with Gasteiger partial charge in [-0.1, -0.05) is 48.5 Å². The molecule has 2 aromatic carbocycles. The van der Waals surface area contributed by atoms with Crippen LogP contribution in [-0.2, 0) is 26.8 Å². The molecule has 0 bridgehead atoms. The zero-order valence-corrected chi connectivity index (χ0v) is 17.4. The zero-order valence-electron chi connectivity index (χ0n) is 16.6. The van der Waals surface area contributed by atoms with Crippen LogP contribution in [0.15, 0.2) is 59.0 Å². The Morgan fingerprint density at radius 1 is 1.13 bits per heavy atom. The van der Waals surface area contributed by atoms with Gasteiger partial charge in [0.15, 0.2) is 0 Å². The van der Waals surface area contributed by atoms with Gasteiger partial charge in [-0.3, -0.25) is 0 Å². The highest BCUT2D eigenvalue weighted by Gasteiger charge is 2.35. The Kier molecular flexibility index (Phi) is 7.49. The number of carbonyl (C=O) groups excluding carboxylic acids is 1. The van der Waals surface area contributed by atoms with E-state index in [1.165, 1.54) is 25.1 Å². The maximum atomic E-state index is 14.5. The normalized spacial score (nSPS) is 15.5. The summed E-state index contributed by atoms with van der Waals surface area (Å²) in [5, 5.41) is 8.12. The Hall–Kier alpha value is -2.59. The zero-order chi connectivity index (χ0) is 22.4. The second-order valence-corrected chi connectivity index (χ2v) is 9.12. The number of hydrogen-bond donors (Lipinski definition) is 2. The number of rotatable bonds is 8. The van der Waals surface area contributed by atoms with Crippen LogP contribution in [0.1, 0.15) is 25.0 Å². The number of ether oxygens (including phenoxy) is 1. The SMILES string of the molecule is CC(F)(F)CN=S(N)(=O)C[C@](C)(NC(=O)OCc1ccccc1)c1ccccc1F. The molecule has 3 N–H and O–H groups in total. The molecular weight excluding hydrogens is 419 g/mol. The van der Waals surface area contributed by atoms with E-state index in [1.807, 2.05) is 0 Å². The van der Waals surface area contributed by atoms with Crippen LogP contribution < -0.4 is 10.5 Å².